The Balaban J connectivity index is 1.95. The van der Waals surface area contributed by atoms with Crippen molar-refractivity contribution in [3.63, 3.8) is 0 Å². The van der Waals surface area contributed by atoms with Crippen LogP contribution in [0.3, 0.4) is 0 Å². The highest BCUT2D eigenvalue weighted by molar-refractivity contribution is 5.92. The predicted molar refractivity (Wildman–Crippen MR) is 85.6 cm³/mol. The van der Waals surface area contributed by atoms with E-state index in [1.165, 1.54) is 6.42 Å². The van der Waals surface area contributed by atoms with Crippen molar-refractivity contribution in [2.75, 3.05) is 45.6 Å². The Labute approximate surface area is 127 Å². The van der Waals surface area contributed by atoms with Crippen molar-refractivity contribution in [1.82, 2.24) is 14.8 Å². The summed E-state index contributed by atoms with van der Waals surface area (Å²) in [6.45, 7) is 5.98. The summed E-state index contributed by atoms with van der Waals surface area (Å²) in [6.07, 6.45) is 2.20. The minimum Gasteiger partial charge on any atom is -0.370 e. The van der Waals surface area contributed by atoms with Crippen LogP contribution in [0.2, 0.25) is 0 Å². The molecule has 1 aromatic heterocycles. The zero-order chi connectivity index (χ0) is 15.2. The summed E-state index contributed by atoms with van der Waals surface area (Å²) in [5.41, 5.74) is 0.518. The zero-order valence-corrected chi connectivity index (χ0v) is 13.3. The second-order valence-electron chi connectivity index (χ2n) is 5.94. The van der Waals surface area contributed by atoms with E-state index in [1.807, 2.05) is 19.2 Å². The van der Waals surface area contributed by atoms with Gasteiger partial charge in [-0.25, -0.2) is 4.98 Å². The van der Waals surface area contributed by atoms with E-state index < -0.39 is 0 Å². The summed E-state index contributed by atoms with van der Waals surface area (Å²) in [4.78, 5) is 21.0. The summed E-state index contributed by atoms with van der Waals surface area (Å²) in [6, 6.07) is 5.57. The average molecular weight is 290 g/mol. The van der Waals surface area contributed by atoms with Gasteiger partial charge >= 0.3 is 0 Å². The fraction of sp³-hybridized carbons (Fsp3) is 0.625. The van der Waals surface area contributed by atoms with Gasteiger partial charge in [-0.05, 0) is 44.5 Å². The van der Waals surface area contributed by atoms with Gasteiger partial charge in [0.05, 0.1) is 0 Å². The molecule has 0 spiro atoms. The molecule has 1 amide bonds. The van der Waals surface area contributed by atoms with Crippen molar-refractivity contribution in [3.8, 4) is 0 Å². The monoisotopic (exact) mass is 290 g/mol. The standard InChI is InChI=1S/C16H26N4O/c1-4-9-17-15-7-5-6-14(18-15)16(21)20(3)12-13-8-10-19(2)11-13/h5-7,13H,4,8-12H2,1-3H3,(H,17,18). The fourth-order valence-electron chi connectivity index (χ4n) is 2.75. The van der Waals surface area contributed by atoms with Crippen molar-refractivity contribution < 1.29 is 4.79 Å². The molecule has 0 bridgehead atoms. The van der Waals surface area contributed by atoms with Crippen LogP contribution >= 0.6 is 0 Å². The molecule has 1 unspecified atom stereocenters. The highest BCUT2D eigenvalue weighted by atomic mass is 16.2. The third kappa shape index (κ3) is 4.43. The highest BCUT2D eigenvalue weighted by Crippen LogP contribution is 2.16. The largest absolute Gasteiger partial charge is 0.370 e. The lowest BCUT2D eigenvalue weighted by Crippen LogP contribution is -2.33. The quantitative estimate of drug-likeness (QED) is 0.869. The van der Waals surface area contributed by atoms with E-state index >= 15 is 0 Å². The van der Waals surface area contributed by atoms with Gasteiger partial charge in [-0.1, -0.05) is 13.0 Å². The van der Waals surface area contributed by atoms with Gasteiger partial charge in [-0.2, -0.15) is 0 Å². The van der Waals surface area contributed by atoms with Crippen LogP contribution in [0.5, 0.6) is 0 Å². The van der Waals surface area contributed by atoms with Crippen molar-refractivity contribution in [2.45, 2.75) is 19.8 Å². The predicted octanol–water partition coefficient (Wildman–Crippen LogP) is 1.93. The molecule has 1 atom stereocenters. The molecule has 0 aliphatic carbocycles. The lowest BCUT2D eigenvalue weighted by atomic mass is 10.1. The average Bonchev–Trinajstić information content (AvgIpc) is 2.89. The van der Waals surface area contributed by atoms with Crippen molar-refractivity contribution in [1.29, 1.82) is 0 Å². The molecule has 5 nitrogen and oxygen atoms in total. The van der Waals surface area contributed by atoms with Crippen molar-refractivity contribution >= 4 is 11.7 Å². The Hall–Kier alpha value is -1.62. The number of hydrogen-bond donors (Lipinski definition) is 1. The number of anilines is 1. The molecule has 116 valence electrons. The second kappa shape index (κ2) is 7.41. The van der Waals surface area contributed by atoms with Crippen LogP contribution in [0, 0.1) is 5.92 Å². The topological polar surface area (TPSA) is 48.5 Å². The first kappa shape index (κ1) is 15.8. The molecular weight excluding hydrogens is 264 g/mol. The zero-order valence-electron chi connectivity index (χ0n) is 13.3. The van der Waals surface area contributed by atoms with E-state index in [2.05, 4.69) is 29.2 Å². The first-order valence-corrected chi connectivity index (χ1v) is 7.75. The number of hydrogen-bond acceptors (Lipinski definition) is 4. The number of aromatic nitrogens is 1. The molecule has 1 aromatic rings. The Kier molecular flexibility index (Phi) is 5.56. The van der Waals surface area contributed by atoms with Crippen LogP contribution in [-0.2, 0) is 0 Å². The van der Waals surface area contributed by atoms with E-state index in [4.69, 9.17) is 0 Å². The molecule has 21 heavy (non-hydrogen) atoms. The lowest BCUT2D eigenvalue weighted by molar-refractivity contribution is 0.0768. The Bertz CT molecular complexity index is 477. The molecule has 2 rings (SSSR count). The third-order valence-electron chi connectivity index (χ3n) is 3.89. The van der Waals surface area contributed by atoms with E-state index in [1.54, 1.807) is 11.0 Å². The molecule has 5 heteroatoms. The number of carbonyl (C=O) groups excluding carboxylic acids is 1. The minimum absolute atomic E-state index is 0.00435. The number of carbonyl (C=O) groups is 1. The molecule has 1 aliphatic rings. The normalized spacial score (nSPS) is 18.7. The number of amides is 1. The van der Waals surface area contributed by atoms with Crippen LogP contribution in [-0.4, -0.2) is 61.0 Å². The van der Waals surface area contributed by atoms with E-state index in [-0.39, 0.29) is 5.91 Å². The molecule has 1 fully saturated rings. The van der Waals surface area contributed by atoms with Crippen molar-refractivity contribution in [3.05, 3.63) is 23.9 Å². The van der Waals surface area contributed by atoms with E-state index in [0.29, 0.717) is 11.6 Å². The second-order valence-corrected chi connectivity index (χ2v) is 5.94. The summed E-state index contributed by atoms with van der Waals surface area (Å²) in [5.74, 6) is 1.35. The lowest BCUT2D eigenvalue weighted by Gasteiger charge is -2.21. The molecule has 0 saturated carbocycles. The highest BCUT2D eigenvalue weighted by Gasteiger charge is 2.23. The van der Waals surface area contributed by atoms with Crippen LogP contribution in [0.15, 0.2) is 18.2 Å². The molecular formula is C16H26N4O. The maximum Gasteiger partial charge on any atom is 0.272 e. The summed E-state index contributed by atoms with van der Waals surface area (Å²) < 4.78 is 0. The number of likely N-dealkylation sites (tertiary alicyclic amines) is 1. The molecule has 2 heterocycles. The SMILES string of the molecule is CCCNc1cccc(C(=O)N(C)CC2CCN(C)C2)n1. The number of nitrogens with one attached hydrogen (secondary N) is 1. The third-order valence-corrected chi connectivity index (χ3v) is 3.89. The Morgan fingerprint density at radius 1 is 1.52 bits per heavy atom. The van der Waals surface area contributed by atoms with Gasteiger partial charge in [-0.15, -0.1) is 0 Å². The van der Waals surface area contributed by atoms with E-state index in [9.17, 15) is 4.79 Å². The molecule has 1 saturated heterocycles. The summed E-state index contributed by atoms with van der Waals surface area (Å²) in [7, 11) is 4.00. The first-order valence-electron chi connectivity index (χ1n) is 7.75. The van der Waals surface area contributed by atoms with Gasteiger partial charge in [0.1, 0.15) is 11.5 Å². The number of pyridine rings is 1. The van der Waals surface area contributed by atoms with E-state index in [0.717, 1.165) is 38.4 Å². The van der Waals surface area contributed by atoms with Gasteiger partial charge in [0.2, 0.25) is 0 Å². The van der Waals surface area contributed by atoms with Crippen LogP contribution in [0.1, 0.15) is 30.3 Å². The molecule has 0 radical (unpaired) electrons. The maximum atomic E-state index is 12.5. The maximum absolute atomic E-state index is 12.5. The molecule has 0 aromatic carbocycles. The Morgan fingerprint density at radius 3 is 3.00 bits per heavy atom. The summed E-state index contributed by atoms with van der Waals surface area (Å²) >= 11 is 0. The minimum atomic E-state index is 0.00435. The summed E-state index contributed by atoms with van der Waals surface area (Å²) in [5, 5.41) is 3.22. The molecule has 1 N–H and O–H groups in total. The first-order chi connectivity index (χ1) is 10.1. The van der Waals surface area contributed by atoms with Gasteiger partial charge in [-0.3, -0.25) is 4.79 Å². The Morgan fingerprint density at radius 2 is 2.33 bits per heavy atom. The van der Waals surface area contributed by atoms with Crippen LogP contribution in [0.4, 0.5) is 5.82 Å². The smallest absolute Gasteiger partial charge is 0.272 e. The number of rotatable bonds is 6. The van der Waals surface area contributed by atoms with Gasteiger partial charge < -0.3 is 15.1 Å². The van der Waals surface area contributed by atoms with Crippen LogP contribution in [0.25, 0.3) is 0 Å². The van der Waals surface area contributed by atoms with Gasteiger partial charge in [0, 0.05) is 26.7 Å². The van der Waals surface area contributed by atoms with Gasteiger partial charge in [0.25, 0.3) is 5.91 Å². The number of nitrogens with zero attached hydrogens (tertiary/aromatic N) is 3. The van der Waals surface area contributed by atoms with Crippen molar-refractivity contribution in [2.24, 2.45) is 5.92 Å². The van der Waals surface area contributed by atoms with Gasteiger partial charge in [0.15, 0.2) is 0 Å². The fourth-order valence-corrected chi connectivity index (χ4v) is 2.75. The van der Waals surface area contributed by atoms with Crippen LogP contribution < -0.4 is 5.32 Å². The molecule has 1 aliphatic heterocycles.